The van der Waals surface area contributed by atoms with Crippen molar-refractivity contribution in [2.45, 2.75) is 32.1 Å². The minimum atomic E-state index is 0.0681. The molecule has 4 heterocycles. The standard InChI is InChI=1S/C19H24N4O2S/c24-19(22-7-9-25-10-8-22)13-3-2-6-23(11-13)17-16-14-4-1-5-15(14)26-18(16)21-12-20-17/h12-13H,1-11H2. The van der Waals surface area contributed by atoms with Crippen LogP contribution >= 0.6 is 11.3 Å². The molecular weight excluding hydrogens is 348 g/mol. The van der Waals surface area contributed by atoms with Gasteiger partial charge in [-0.15, -0.1) is 11.3 Å². The van der Waals surface area contributed by atoms with Gasteiger partial charge in [0.05, 0.1) is 24.5 Å². The Hall–Kier alpha value is -1.73. The van der Waals surface area contributed by atoms with Crippen LogP contribution in [0.1, 0.15) is 29.7 Å². The van der Waals surface area contributed by atoms with Crippen LogP contribution in [0, 0.1) is 5.92 Å². The minimum absolute atomic E-state index is 0.0681. The monoisotopic (exact) mass is 372 g/mol. The van der Waals surface area contributed by atoms with Crippen LogP contribution in [0.5, 0.6) is 0 Å². The normalized spacial score (nSPS) is 23.5. The maximum Gasteiger partial charge on any atom is 0.227 e. The van der Waals surface area contributed by atoms with Gasteiger partial charge in [-0.1, -0.05) is 0 Å². The first-order chi connectivity index (χ1) is 12.8. The second-order valence-corrected chi connectivity index (χ2v) is 8.54. The number of fused-ring (bicyclic) bond motifs is 3. The van der Waals surface area contributed by atoms with Crippen molar-refractivity contribution in [1.29, 1.82) is 0 Å². The van der Waals surface area contributed by atoms with Crippen LogP contribution in [0.4, 0.5) is 5.82 Å². The number of amides is 1. The van der Waals surface area contributed by atoms with Crippen LogP contribution in [0.3, 0.4) is 0 Å². The van der Waals surface area contributed by atoms with E-state index < -0.39 is 0 Å². The van der Waals surface area contributed by atoms with Gasteiger partial charge in [-0.25, -0.2) is 9.97 Å². The molecule has 26 heavy (non-hydrogen) atoms. The van der Waals surface area contributed by atoms with Gasteiger partial charge in [0, 0.05) is 31.1 Å². The highest BCUT2D eigenvalue weighted by Crippen LogP contribution is 2.40. The van der Waals surface area contributed by atoms with E-state index in [-0.39, 0.29) is 5.92 Å². The van der Waals surface area contributed by atoms with E-state index in [0.29, 0.717) is 19.1 Å². The van der Waals surface area contributed by atoms with Crippen molar-refractivity contribution in [1.82, 2.24) is 14.9 Å². The summed E-state index contributed by atoms with van der Waals surface area (Å²) < 4.78 is 5.39. The number of nitrogens with zero attached hydrogens (tertiary/aromatic N) is 4. The summed E-state index contributed by atoms with van der Waals surface area (Å²) in [7, 11) is 0. The molecule has 0 bridgehead atoms. The Balaban J connectivity index is 1.42. The summed E-state index contributed by atoms with van der Waals surface area (Å²) in [5.74, 6) is 1.41. The molecule has 2 fully saturated rings. The number of ether oxygens (including phenoxy) is 1. The van der Waals surface area contributed by atoms with Gasteiger partial charge in [-0.3, -0.25) is 4.79 Å². The van der Waals surface area contributed by atoms with Crippen molar-refractivity contribution >= 4 is 33.3 Å². The van der Waals surface area contributed by atoms with Gasteiger partial charge in [0.15, 0.2) is 0 Å². The molecule has 1 unspecified atom stereocenters. The highest BCUT2D eigenvalue weighted by atomic mass is 32.1. The van der Waals surface area contributed by atoms with Gasteiger partial charge in [0.2, 0.25) is 5.91 Å². The van der Waals surface area contributed by atoms with E-state index in [0.717, 1.165) is 56.1 Å². The summed E-state index contributed by atoms with van der Waals surface area (Å²) in [5.41, 5.74) is 1.46. The number of aromatic nitrogens is 2. The van der Waals surface area contributed by atoms with Gasteiger partial charge in [0.1, 0.15) is 17.0 Å². The van der Waals surface area contributed by atoms with Gasteiger partial charge >= 0.3 is 0 Å². The predicted molar refractivity (Wildman–Crippen MR) is 102 cm³/mol. The lowest BCUT2D eigenvalue weighted by Gasteiger charge is -2.37. The number of anilines is 1. The average Bonchev–Trinajstić information content (AvgIpc) is 3.29. The van der Waals surface area contributed by atoms with Crippen molar-refractivity contribution in [3.05, 3.63) is 16.8 Å². The third-order valence-corrected chi connectivity index (χ3v) is 7.07. The number of hydrogen-bond acceptors (Lipinski definition) is 6. The topological polar surface area (TPSA) is 58.6 Å². The summed E-state index contributed by atoms with van der Waals surface area (Å²) in [5, 5.41) is 1.25. The Bertz CT molecular complexity index is 830. The fraction of sp³-hybridized carbons (Fsp3) is 0.632. The van der Waals surface area contributed by atoms with E-state index in [1.807, 2.05) is 16.2 Å². The highest BCUT2D eigenvalue weighted by molar-refractivity contribution is 7.19. The molecule has 3 aliphatic rings. The smallest absolute Gasteiger partial charge is 0.227 e. The first kappa shape index (κ1) is 16.4. The summed E-state index contributed by atoms with van der Waals surface area (Å²) >= 11 is 1.83. The molecule has 5 rings (SSSR count). The lowest BCUT2D eigenvalue weighted by Crippen LogP contribution is -2.48. The quantitative estimate of drug-likeness (QED) is 0.809. The van der Waals surface area contributed by atoms with Crippen molar-refractivity contribution in [3.63, 3.8) is 0 Å². The van der Waals surface area contributed by atoms with Gasteiger partial charge in [0.25, 0.3) is 0 Å². The molecule has 2 saturated heterocycles. The zero-order valence-electron chi connectivity index (χ0n) is 14.9. The largest absolute Gasteiger partial charge is 0.378 e. The van der Waals surface area contributed by atoms with E-state index in [9.17, 15) is 4.79 Å². The van der Waals surface area contributed by atoms with Crippen LogP contribution in [0.25, 0.3) is 10.2 Å². The third kappa shape index (κ3) is 2.77. The Kier molecular flexibility index (Phi) is 4.29. The minimum Gasteiger partial charge on any atom is -0.378 e. The van der Waals surface area contributed by atoms with Gasteiger partial charge < -0.3 is 14.5 Å². The highest BCUT2D eigenvalue weighted by Gasteiger charge is 2.32. The third-order valence-electron chi connectivity index (χ3n) is 5.87. The number of rotatable bonds is 2. The van der Waals surface area contributed by atoms with Gasteiger partial charge in [-0.05, 0) is 37.7 Å². The molecular formula is C19H24N4O2S. The average molecular weight is 372 g/mol. The summed E-state index contributed by atoms with van der Waals surface area (Å²) in [6.45, 7) is 4.53. The van der Waals surface area contributed by atoms with Gasteiger partial charge in [-0.2, -0.15) is 0 Å². The fourth-order valence-electron chi connectivity index (χ4n) is 4.56. The van der Waals surface area contributed by atoms with Crippen LogP contribution in [0.15, 0.2) is 6.33 Å². The van der Waals surface area contributed by atoms with Crippen LogP contribution in [-0.4, -0.2) is 60.2 Å². The maximum absolute atomic E-state index is 12.9. The lowest BCUT2D eigenvalue weighted by atomic mass is 9.96. The second-order valence-electron chi connectivity index (χ2n) is 7.46. The molecule has 0 radical (unpaired) electrons. The molecule has 138 valence electrons. The molecule has 2 aromatic heterocycles. The molecule has 0 spiro atoms. The van der Waals surface area contributed by atoms with E-state index in [1.54, 1.807) is 6.33 Å². The van der Waals surface area contributed by atoms with Crippen molar-refractivity contribution in [2.75, 3.05) is 44.3 Å². The first-order valence-electron chi connectivity index (χ1n) is 9.68. The first-order valence-corrected chi connectivity index (χ1v) is 10.5. The molecule has 0 aromatic carbocycles. The van der Waals surface area contributed by atoms with Crippen molar-refractivity contribution < 1.29 is 9.53 Å². The molecule has 1 aliphatic carbocycles. The predicted octanol–water partition coefficient (Wildman–Crippen LogP) is 2.26. The SMILES string of the molecule is O=C(C1CCCN(c2ncnc3sc4c(c23)CCC4)C1)N1CCOCC1. The molecule has 2 aliphatic heterocycles. The molecule has 1 atom stereocenters. The molecule has 6 nitrogen and oxygen atoms in total. The molecule has 0 N–H and O–H groups in total. The zero-order valence-corrected chi connectivity index (χ0v) is 15.8. The number of piperidine rings is 1. The van der Waals surface area contributed by atoms with Crippen molar-refractivity contribution in [3.8, 4) is 0 Å². The Morgan fingerprint density at radius 2 is 2.04 bits per heavy atom. The second kappa shape index (κ2) is 6.78. The number of aryl methyl sites for hydroxylation is 2. The Labute approximate surface area is 157 Å². The molecule has 2 aromatic rings. The maximum atomic E-state index is 12.9. The molecule has 7 heteroatoms. The molecule has 1 amide bonds. The van der Waals surface area contributed by atoms with E-state index in [4.69, 9.17) is 4.74 Å². The van der Waals surface area contributed by atoms with Crippen LogP contribution in [0.2, 0.25) is 0 Å². The zero-order chi connectivity index (χ0) is 17.5. The molecule has 0 saturated carbocycles. The number of carbonyl (C=O) groups is 1. The Morgan fingerprint density at radius 1 is 1.15 bits per heavy atom. The number of morpholine rings is 1. The van der Waals surface area contributed by atoms with Crippen molar-refractivity contribution in [2.24, 2.45) is 5.92 Å². The lowest BCUT2D eigenvalue weighted by molar-refractivity contribution is -0.139. The number of carbonyl (C=O) groups excluding carboxylic acids is 1. The van der Waals surface area contributed by atoms with E-state index in [1.165, 1.54) is 28.7 Å². The number of hydrogen-bond donors (Lipinski definition) is 0. The van der Waals surface area contributed by atoms with E-state index >= 15 is 0 Å². The summed E-state index contributed by atoms with van der Waals surface area (Å²) in [4.78, 5) is 29.0. The summed E-state index contributed by atoms with van der Waals surface area (Å²) in [6, 6.07) is 0. The van der Waals surface area contributed by atoms with E-state index in [2.05, 4.69) is 14.9 Å². The summed E-state index contributed by atoms with van der Waals surface area (Å²) in [6.07, 6.45) is 7.26. The number of thiophene rings is 1. The fourth-order valence-corrected chi connectivity index (χ4v) is 5.79. The van der Waals surface area contributed by atoms with Crippen LogP contribution in [-0.2, 0) is 22.4 Å². The van der Waals surface area contributed by atoms with Crippen LogP contribution < -0.4 is 4.90 Å². The Morgan fingerprint density at radius 3 is 2.92 bits per heavy atom.